The number of para-hydroxylation sites is 2. The minimum Gasteiger partial charge on any atom is -0.456 e. The van der Waals surface area contributed by atoms with Gasteiger partial charge in [0.05, 0.1) is 27.7 Å². The lowest BCUT2D eigenvalue weighted by molar-refractivity contribution is 0.669. The maximum Gasteiger partial charge on any atom is 0.164 e. The van der Waals surface area contributed by atoms with Crippen molar-refractivity contribution in [3.8, 4) is 51.0 Å². The Kier molecular flexibility index (Phi) is 5.60. The summed E-state index contributed by atoms with van der Waals surface area (Å²) >= 11 is 0. The van der Waals surface area contributed by atoms with Gasteiger partial charge in [0.2, 0.25) is 0 Å². The number of benzene rings is 9. The summed E-state index contributed by atoms with van der Waals surface area (Å²) in [7, 11) is 0. The van der Waals surface area contributed by atoms with E-state index in [2.05, 4.69) is 12.1 Å². The Morgan fingerprint density at radius 1 is 0.414 bits per heavy atom. The topological polar surface area (TPSA) is 56.7 Å². The van der Waals surface area contributed by atoms with Gasteiger partial charge in [0.1, 0.15) is 11.2 Å². The standard InChI is InChI=1S/C53H32N4O/c1-3-16-33(17-4-1)51-54-52(34-18-5-2-6-19-34)56-53(55-51)43-26-15-29-46-49(43)42-31-30-35(32-47(42)58-46)48-38-22-7-9-24-40(38)50(41-25-10-8-23-39(41)48)57-44-27-13-11-20-36(44)37-21-12-14-28-45(37)57/h1-32H/i11D,12D,13D,14D,20D,21D,27D,28D. The molecule has 3 heterocycles. The van der Waals surface area contributed by atoms with E-state index in [1.165, 1.54) is 0 Å². The highest BCUT2D eigenvalue weighted by molar-refractivity contribution is 6.22. The number of aromatic nitrogens is 4. The summed E-state index contributed by atoms with van der Waals surface area (Å²) in [4.78, 5) is 14.9. The zero-order chi connectivity index (χ0) is 45.1. The molecule has 0 saturated carbocycles. The van der Waals surface area contributed by atoms with E-state index >= 15 is 0 Å². The second-order valence-electron chi connectivity index (χ2n) is 14.1. The molecule has 0 N–H and O–H groups in total. The van der Waals surface area contributed by atoms with Crippen LogP contribution in [0.5, 0.6) is 0 Å². The number of furan rings is 1. The van der Waals surface area contributed by atoms with Crippen molar-refractivity contribution in [1.29, 1.82) is 0 Å². The molecule has 5 heteroatoms. The first-order valence-corrected chi connectivity index (χ1v) is 18.9. The molecule has 0 radical (unpaired) electrons. The zero-order valence-corrected chi connectivity index (χ0v) is 30.6. The first kappa shape index (κ1) is 25.3. The predicted molar refractivity (Wildman–Crippen MR) is 238 cm³/mol. The largest absolute Gasteiger partial charge is 0.456 e. The quantitative estimate of drug-likeness (QED) is 0.164. The molecular weight excluding hydrogens is 709 g/mol. The number of hydrogen-bond donors (Lipinski definition) is 0. The first-order valence-electron chi connectivity index (χ1n) is 22.9. The van der Waals surface area contributed by atoms with Crippen molar-refractivity contribution in [1.82, 2.24) is 19.5 Å². The molecule has 12 rings (SSSR count). The van der Waals surface area contributed by atoms with Gasteiger partial charge in [-0.3, -0.25) is 0 Å². The molecule has 0 amide bonds. The Bertz CT molecular complexity index is 3850. The lowest BCUT2D eigenvalue weighted by Gasteiger charge is -2.19. The van der Waals surface area contributed by atoms with Crippen molar-refractivity contribution in [2.75, 3.05) is 0 Å². The normalized spacial score (nSPS) is 13.7. The van der Waals surface area contributed by atoms with Crippen LogP contribution in [0.2, 0.25) is 0 Å². The van der Waals surface area contributed by atoms with E-state index in [-0.39, 0.29) is 46.0 Å². The molecule has 0 aliphatic carbocycles. The van der Waals surface area contributed by atoms with Crippen molar-refractivity contribution in [2.45, 2.75) is 0 Å². The number of fused-ring (bicyclic) bond motifs is 8. The van der Waals surface area contributed by atoms with Crippen LogP contribution in [0.3, 0.4) is 0 Å². The highest BCUT2D eigenvalue weighted by atomic mass is 16.3. The molecule has 9 aromatic carbocycles. The van der Waals surface area contributed by atoms with E-state index < -0.39 is 24.2 Å². The van der Waals surface area contributed by atoms with Crippen molar-refractivity contribution in [3.63, 3.8) is 0 Å². The van der Waals surface area contributed by atoms with Gasteiger partial charge in [-0.25, -0.2) is 15.0 Å². The van der Waals surface area contributed by atoms with E-state index in [0.717, 1.165) is 49.4 Å². The molecule has 0 atom stereocenters. The number of rotatable bonds is 5. The Hall–Kier alpha value is -7.89. The molecule has 12 aromatic rings. The summed E-state index contributed by atoms with van der Waals surface area (Å²) in [5, 5.41) is 4.81. The number of hydrogen-bond acceptors (Lipinski definition) is 4. The smallest absolute Gasteiger partial charge is 0.164 e. The molecule has 0 bridgehead atoms. The van der Waals surface area contributed by atoms with Crippen LogP contribution in [-0.2, 0) is 0 Å². The van der Waals surface area contributed by atoms with Gasteiger partial charge in [0.15, 0.2) is 17.5 Å². The summed E-state index contributed by atoms with van der Waals surface area (Å²) in [6, 6.07) is 43.8. The van der Waals surface area contributed by atoms with E-state index in [0.29, 0.717) is 45.1 Å². The second kappa shape index (κ2) is 12.8. The molecule has 0 spiro atoms. The highest BCUT2D eigenvalue weighted by Gasteiger charge is 2.22. The van der Waals surface area contributed by atoms with Crippen LogP contribution in [0.25, 0.3) is 116 Å². The molecule has 0 aliphatic heterocycles. The minimum absolute atomic E-state index is 0.0275. The SMILES string of the molecule is [2H]c1c([2H])c([2H])c2c(c1[2H])c1c([2H])c([2H])c([2H])c([2H])c1n2-c1c2ccccc2c(-c2ccc3c(c2)oc2cccc(-c4nc(-c5ccccc5)nc(-c5ccccc5)n4)c23)c2ccccc12. The molecule has 0 fully saturated rings. The minimum atomic E-state index is -0.487. The van der Waals surface area contributed by atoms with E-state index in [9.17, 15) is 2.74 Å². The van der Waals surface area contributed by atoms with Crippen molar-refractivity contribution >= 4 is 65.3 Å². The maximum atomic E-state index is 9.23. The molecular formula is C53H32N4O. The van der Waals surface area contributed by atoms with Crippen LogP contribution >= 0.6 is 0 Å². The van der Waals surface area contributed by atoms with Gasteiger partial charge in [-0.05, 0) is 52.2 Å². The molecule has 270 valence electrons. The van der Waals surface area contributed by atoms with Gasteiger partial charge in [-0.15, -0.1) is 0 Å². The Morgan fingerprint density at radius 2 is 0.948 bits per heavy atom. The van der Waals surface area contributed by atoms with Crippen LogP contribution in [0.15, 0.2) is 198 Å². The lowest BCUT2D eigenvalue weighted by Crippen LogP contribution is -2.00. The van der Waals surface area contributed by atoms with Crippen LogP contribution in [0.1, 0.15) is 11.0 Å². The number of nitrogens with zero attached hydrogens (tertiary/aromatic N) is 4. The fraction of sp³-hybridized carbons (Fsp3) is 0. The predicted octanol–water partition coefficient (Wildman–Crippen LogP) is 13.8. The molecule has 0 saturated heterocycles. The summed E-state index contributed by atoms with van der Waals surface area (Å²) in [6.07, 6.45) is 0. The van der Waals surface area contributed by atoms with Crippen LogP contribution in [0, 0.1) is 0 Å². The van der Waals surface area contributed by atoms with Crippen LogP contribution in [0.4, 0.5) is 0 Å². The molecule has 3 aromatic heterocycles. The van der Waals surface area contributed by atoms with Gasteiger partial charge < -0.3 is 8.98 Å². The van der Waals surface area contributed by atoms with Crippen LogP contribution < -0.4 is 0 Å². The average Bonchev–Trinajstić information content (AvgIpc) is 3.92. The lowest BCUT2D eigenvalue weighted by atomic mass is 9.90. The Balaban J connectivity index is 1.12. The van der Waals surface area contributed by atoms with Gasteiger partial charge in [-0.1, -0.05) is 164 Å². The summed E-state index contributed by atoms with van der Waals surface area (Å²) in [5.41, 5.74) is 6.21. The van der Waals surface area contributed by atoms with Crippen molar-refractivity contribution < 1.29 is 15.4 Å². The fourth-order valence-corrected chi connectivity index (χ4v) is 8.40. The highest BCUT2D eigenvalue weighted by Crippen LogP contribution is 2.45. The maximum absolute atomic E-state index is 9.23. The summed E-state index contributed by atoms with van der Waals surface area (Å²) < 4.78 is 79.4. The zero-order valence-electron chi connectivity index (χ0n) is 38.6. The van der Waals surface area contributed by atoms with Gasteiger partial charge in [0.25, 0.3) is 0 Å². The fourth-order valence-electron chi connectivity index (χ4n) is 8.40. The third-order valence-corrected chi connectivity index (χ3v) is 10.9. The average molecular weight is 749 g/mol. The third-order valence-electron chi connectivity index (χ3n) is 10.9. The Labute approximate surface area is 344 Å². The van der Waals surface area contributed by atoms with Gasteiger partial charge in [-0.2, -0.15) is 0 Å². The molecule has 58 heavy (non-hydrogen) atoms. The molecule has 0 unspecified atom stereocenters. The second-order valence-corrected chi connectivity index (χ2v) is 14.1. The van der Waals surface area contributed by atoms with E-state index in [4.69, 9.17) is 27.6 Å². The summed E-state index contributed by atoms with van der Waals surface area (Å²) in [6.45, 7) is 0. The molecule has 0 aliphatic rings. The monoisotopic (exact) mass is 748 g/mol. The summed E-state index contributed by atoms with van der Waals surface area (Å²) in [5.74, 6) is 1.61. The van der Waals surface area contributed by atoms with Crippen LogP contribution in [-0.4, -0.2) is 19.5 Å². The van der Waals surface area contributed by atoms with Gasteiger partial charge >= 0.3 is 0 Å². The molecule has 5 nitrogen and oxygen atoms in total. The first-order chi connectivity index (χ1) is 32.1. The van der Waals surface area contributed by atoms with E-state index in [1.54, 1.807) is 4.57 Å². The van der Waals surface area contributed by atoms with Gasteiger partial charge in [0, 0.05) is 49.0 Å². The van der Waals surface area contributed by atoms with Crippen molar-refractivity contribution in [2.24, 2.45) is 0 Å². The van der Waals surface area contributed by atoms with E-state index in [1.807, 2.05) is 133 Å². The third kappa shape index (κ3) is 4.93. The Morgan fingerprint density at radius 3 is 1.55 bits per heavy atom. The van der Waals surface area contributed by atoms with Crippen molar-refractivity contribution in [3.05, 3.63) is 194 Å².